The average molecular weight is 363 g/mol. The van der Waals surface area contributed by atoms with Crippen molar-refractivity contribution in [3.63, 3.8) is 0 Å². The summed E-state index contributed by atoms with van der Waals surface area (Å²) in [5, 5.41) is 7.92. The predicted octanol–water partition coefficient (Wildman–Crippen LogP) is 4.09. The summed E-state index contributed by atoms with van der Waals surface area (Å²) in [6.07, 6.45) is 1.80. The van der Waals surface area contributed by atoms with Gasteiger partial charge >= 0.3 is 0 Å². The van der Waals surface area contributed by atoms with Crippen LogP contribution in [0.1, 0.15) is 22.5 Å². The number of para-hydroxylation sites is 1. The molecule has 4 nitrogen and oxygen atoms in total. The van der Waals surface area contributed by atoms with E-state index in [0.717, 1.165) is 16.9 Å². The minimum absolute atomic E-state index is 0.502. The molecule has 0 radical (unpaired) electrons. The number of nitrogens with one attached hydrogen (secondary N) is 2. The fourth-order valence-corrected chi connectivity index (χ4v) is 3.00. The summed E-state index contributed by atoms with van der Waals surface area (Å²) in [7, 11) is 0. The molecule has 5 heteroatoms. The van der Waals surface area contributed by atoms with Crippen LogP contribution in [0.5, 0.6) is 0 Å². The van der Waals surface area contributed by atoms with Gasteiger partial charge in [0.05, 0.1) is 6.21 Å². The van der Waals surface area contributed by atoms with E-state index >= 15 is 0 Å². The highest BCUT2D eigenvalue weighted by Gasteiger charge is 2.08. The summed E-state index contributed by atoms with van der Waals surface area (Å²) in [4.78, 5) is 0. The van der Waals surface area contributed by atoms with E-state index in [1.807, 2.05) is 36.4 Å². The molecule has 0 saturated heterocycles. The Bertz CT molecular complexity index is 899. The van der Waals surface area contributed by atoms with Crippen molar-refractivity contribution in [2.75, 3.05) is 0 Å². The van der Waals surface area contributed by atoms with E-state index in [0.29, 0.717) is 11.7 Å². The van der Waals surface area contributed by atoms with E-state index in [1.54, 1.807) is 6.21 Å². The number of aryl methyl sites for hydroxylation is 1. The molecule has 2 N–H and O–H groups in total. The van der Waals surface area contributed by atoms with E-state index in [9.17, 15) is 0 Å². The monoisotopic (exact) mass is 362 g/mol. The van der Waals surface area contributed by atoms with Crippen LogP contribution in [0.25, 0.3) is 5.69 Å². The Morgan fingerprint density at radius 3 is 2.38 bits per heavy atom. The smallest absolute Gasteiger partial charge is 0.187 e. The Balaban J connectivity index is 1.61. The molecule has 0 amide bonds. The van der Waals surface area contributed by atoms with Crippen LogP contribution in [-0.2, 0) is 6.54 Å². The maximum absolute atomic E-state index is 5.27. The van der Waals surface area contributed by atoms with Crippen LogP contribution in [-0.4, -0.2) is 15.9 Å². The van der Waals surface area contributed by atoms with E-state index < -0.39 is 0 Å². The number of aromatic nitrogens is 1. The van der Waals surface area contributed by atoms with Crippen LogP contribution in [0.3, 0.4) is 0 Å². The summed E-state index contributed by atoms with van der Waals surface area (Å²) in [6, 6.07) is 22.5. The van der Waals surface area contributed by atoms with Crippen molar-refractivity contribution >= 4 is 23.5 Å². The zero-order valence-corrected chi connectivity index (χ0v) is 15.8. The first-order valence-electron chi connectivity index (χ1n) is 8.50. The number of nitrogens with zero attached hydrogens (tertiary/aromatic N) is 2. The number of thiocarbonyl (C=S) groups is 1. The lowest BCUT2D eigenvalue weighted by Gasteiger charge is -2.09. The minimum atomic E-state index is 0.502. The molecule has 132 valence electrons. The second kappa shape index (κ2) is 8.45. The zero-order chi connectivity index (χ0) is 18.4. The van der Waals surface area contributed by atoms with Gasteiger partial charge in [-0.1, -0.05) is 48.5 Å². The fourth-order valence-electron chi connectivity index (χ4n) is 2.87. The van der Waals surface area contributed by atoms with Crippen molar-refractivity contribution in [3.8, 4) is 5.69 Å². The van der Waals surface area contributed by atoms with Crippen LogP contribution in [0.2, 0.25) is 0 Å². The standard InChI is InChI=1S/C21H22N4S/c1-16-13-19(17(2)25(16)20-11-7-4-8-12-20)15-23-24-21(26)22-14-18-9-5-3-6-10-18/h3-13,15H,14H2,1-2H3,(H2,22,24,26). The third kappa shape index (κ3) is 4.37. The number of hydrogen-bond donors (Lipinski definition) is 2. The quantitative estimate of drug-likeness (QED) is 0.408. The van der Waals surface area contributed by atoms with Gasteiger partial charge in [-0.3, -0.25) is 5.43 Å². The highest BCUT2D eigenvalue weighted by Crippen LogP contribution is 2.19. The van der Waals surface area contributed by atoms with Gasteiger partial charge in [-0.25, -0.2) is 0 Å². The third-order valence-corrected chi connectivity index (χ3v) is 4.39. The first-order chi connectivity index (χ1) is 12.6. The molecular formula is C21H22N4S. The van der Waals surface area contributed by atoms with Crippen molar-refractivity contribution in [1.82, 2.24) is 15.3 Å². The van der Waals surface area contributed by atoms with Crippen molar-refractivity contribution in [3.05, 3.63) is 89.2 Å². The van der Waals surface area contributed by atoms with Gasteiger partial charge in [-0.05, 0) is 49.8 Å². The lowest BCUT2D eigenvalue weighted by molar-refractivity contribution is 0.868. The lowest BCUT2D eigenvalue weighted by Crippen LogP contribution is -2.31. The Labute approximate surface area is 159 Å². The topological polar surface area (TPSA) is 41.4 Å². The molecule has 0 bridgehead atoms. The summed E-state index contributed by atoms with van der Waals surface area (Å²) in [5.41, 5.74) is 8.57. The van der Waals surface area contributed by atoms with Crippen molar-refractivity contribution < 1.29 is 0 Å². The molecule has 0 unspecified atom stereocenters. The highest BCUT2D eigenvalue weighted by molar-refractivity contribution is 7.80. The molecule has 0 atom stereocenters. The van der Waals surface area contributed by atoms with Gasteiger partial charge < -0.3 is 9.88 Å². The molecule has 1 aromatic heterocycles. The minimum Gasteiger partial charge on any atom is -0.357 e. The molecule has 26 heavy (non-hydrogen) atoms. The second-order valence-corrected chi connectivity index (χ2v) is 6.44. The molecule has 0 saturated carbocycles. The van der Waals surface area contributed by atoms with Gasteiger partial charge in [0.2, 0.25) is 0 Å². The van der Waals surface area contributed by atoms with Crippen molar-refractivity contribution in [1.29, 1.82) is 0 Å². The number of hydrazone groups is 1. The normalized spacial score (nSPS) is 10.8. The van der Waals surface area contributed by atoms with Gasteiger partial charge in [0.1, 0.15) is 0 Å². The summed E-state index contributed by atoms with van der Waals surface area (Å²) in [5.74, 6) is 0. The Hall–Kier alpha value is -2.92. The summed E-state index contributed by atoms with van der Waals surface area (Å²) >= 11 is 5.27. The molecule has 0 spiro atoms. The molecule has 3 aromatic rings. The van der Waals surface area contributed by atoms with Crippen LogP contribution in [0, 0.1) is 13.8 Å². The van der Waals surface area contributed by atoms with Gasteiger partial charge in [-0.2, -0.15) is 5.10 Å². The van der Waals surface area contributed by atoms with Crippen molar-refractivity contribution in [2.45, 2.75) is 20.4 Å². The largest absolute Gasteiger partial charge is 0.357 e. The van der Waals surface area contributed by atoms with Gasteiger partial charge in [0, 0.05) is 29.2 Å². The molecule has 0 aliphatic carbocycles. The average Bonchev–Trinajstić information content (AvgIpc) is 2.95. The Kier molecular flexibility index (Phi) is 5.81. The van der Waals surface area contributed by atoms with E-state index in [1.165, 1.54) is 11.3 Å². The first-order valence-corrected chi connectivity index (χ1v) is 8.91. The van der Waals surface area contributed by atoms with E-state index in [4.69, 9.17) is 12.2 Å². The molecule has 3 rings (SSSR count). The summed E-state index contributed by atoms with van der Waals surface area (Å²) in [6.45, 7) is 4.86. The molecule has 2 aromatic carbocycles. The van der Waals surface area contributed by atoms with Crippen LogP contribution in [0.4, 0.5) is 0 Å². The van der Waals surface area contributed by atoms with E-state index in [2.05, 4.69) is 64.6 Å². The fraction of sp³-hybridized carbons (Fsp3) is 0.143. The second-order valence-electron chi connectivity index (χ2n) is 6.04. The number of hydrogen-bond acceptors (Lipinski definition) is 2. The zero-order valence-electron chi connectivity index (χ0n) is 14.9. The number of benzene rings is 2. The Morgan fingerprint density at radius 2 is 1.69 bits per heavy atom. The molecule has 1 heterocycles. The number of rotatable bonds is 5. The SMILES string of the molecule is Cc1cc(C=NNC(=S)NCc2ccccc2)c(C)n1-c1ccccc1. The van der Waals surface area contributed by atoms with Gasteiger partial charge in [0.15, 0.2) is 5.11 Å². The van der Waals surface area contributed by atoms with Gasteiger partial charge in [0.25, 0.3) is 0 Å². The van der Waals surface area contributed by atoms with Crippen molar-refractivity contribution in [2.24, 2.45) is 5.10 Å². The van der Waals surface area contributed by atoms with Crippen LogP contribution >= 0.6 is 12.2 Å². The first kappa shape index (κ1) is 17.9. The van der Waals surface area contributed by atoms with Crippen LogP contribution in [0.15, 0.2) is 71.8 Å². The highest BCUT2D eigenvalue weighted by atomic mass is 32.1. The molecule has 0 aliphatic heterocycles. The van der Waals surface area contributed by atoms with Gasteiger partial charge in [-0.15, -0.1) is 0 Å². The van der Waals surface area contributed by atoms with E-state index in [-0.39, 0.29) is 0 Å². The lowest BCUT2D eigenvalue weighted by atomic mass is 10.2. The molecular weight excluding hydrogens is 340 g/mol. The molecule has 0 fully saturated rings. The maximum atomic E-state index is 5.27. The summed E-state index contributed by atoms with van der Waals surface area (Å²) < 4.78 is 2.22. The maximum Gasteiger partial charge on any atom is 0.187 e. The van der Waals surface area contributed by atoms with Crippen LogP contribution < -0.4 is 10.7 Å². The third-order valence-electron chi connectivity index (χ3n) is 4.15. The predicted molar refractivity (Wildman–Crippen MR) is 112 cm³/mol. The molecule has 0 aliphatic rings. The Morgan fingerprint density at radius 1 is 1.04 bits per heavy atom.